The fourth-order valence-corrected chi connectivity index (χ4v) is 6.96. The molecule has 184 valence electrons. The molecule has 1 aromatic carbocycles. The van der Waals surface area contributed by atoms with Gasteiger partial charge in [-0.15, -0.1) is 0 Å². The Hall–Kier alpha value is -1.52. The normalized spacial score (nSPS) is 30.1. The van der Waals surface area contributed by atoms with E-state index in [-0.39, 0.29) is 43.1 Å². The topological polar surface area (TPSA) is 105 Å². The van der Waals surface area contributed by atoms with Crippen molar-refractivity contribution in [1.29, 1.82) is 0 Å². The summed E-state index contributed by atoms with van der Waals surface area (Å²) in [6, 6.07) is 7.82. The predicted octanol–water partition coefficient (Wildman–Crippen LogP) is 2.07. The molecular formula is C24H36N2O6S. The van der Waals surface area contributed by atoms with Crippen LogP contribution < -0.4 is 5.32 Å². The summed E-state index contributed by atoms with van der Waals surface area (Å²) in [6.45, 7) is 0.901. The number of hydrogen-bond donors (Lipinski definition) is 2. The first kappa shape index (κ1) is 24.6. The van der Waals surface area contributed by atoms with E-state index >= 15 is 0 Å². The third kappa shape index (κ3) is 6.33. The molecule has 33 heavy (non-hydrogen) atoms. The van der Waals surface area contributed by atoms with E-state index in [1.807, 2.05) is 0 Å². The Labute approximate surface area is 196 Å². The molecule has 8 nitrogen and oxygen atoms in total. The maximum Gasteiger partial charge on any atom is 0.243 e. The number of carbonyl (C=O) groups is 1. The highest BCUT2D eigenvalue weighted by Crippen LogP contribution is 2.31. The number of hydrogen-bond acceptors (Lipinski definition) is 6. The Balaban J connectivity index is 1.39. The Morgan fingerprint density at radius 2 is 1.82 bits per heavy atom. The lowest BCUT2D eigenvalue weighted by atomic mass is 9.89. The number of sulfonamides is 1. The van der Waals surface area contributed by atoms with E-state index in [0.717, 1.165) is 6.54 Å². The summed E-state index contributed by atoms with van der Waals surface area (Å²) in [5.41, 5.74) is 0. The summed E-state index contributed by atoms with van der Waals surface area (Å²) < 4.78 is 40.0. The minimum atomic E-state index is -3.81. The van der Waals surface area contributed by atoms with Crippen molar-refractivity contribution in [2.45, 2.75) is 80.6 Å². The molecule has 1 saturated carbocycles. The average molecular weight is 481 g/mol. The molecule has 1 aliphatic carbocycles. The second kappa shape index (κ2) is 11.3. The quantitative estimate of drug-likeness (QED) is 0.646. The number of benzene rings is 1. The standard InChI is InChI=1S/C24H36N2O6S/c27-19-15-26(33(29,30)21-9-5-2-6-10-21)22-12-11-20(32-23(22)17-31-16-19)13-24(28)25-14-18-7-3-1-4-8-18/h2,5-6,9-10,18-20,22-23,27H,1,3-4,7-8,11-17H2,(H,25,28)/t19-,20+,22+,23-/m0/s1. The van der Waals surface area contributed by atoms with Crippen molar-refractivity contribution in [2.24, 2.45) is 5.92 Å². The second-order valence-corrected chi connectivity index (χ2v) is 11.4. The second-order valence-electron chi connectivity index (χ2n) is 9.53. The van der Waals surface area contributed by atoms with Gasteiger partial charge in [-0.25, -0.2) is 8.42 Å². The lowest BCUT2D eigenvalue weighted by Gasteiger charge is -2.43. The van der Waals surface area contributed by atoms with Crippen LogP contribution in [0.3, 0.4) is 0 Å². The lowest BCUT2D eigenvalue weighted by molar-refractivity contribution is -0.146. The van der Waals surface area contributed by atoms with Crippen molar-refractivity contribution in [3.8, 4) is 0 Å². The van der Waals surface area contributed by atoms with E-state index < -0.39 is 28.3 Å². The molecule has 0 aromatic heterocycles. The van der Waals surface area contributed by atoms with Crippen molar-refractivity contribution < 1.29 is 27.8 Å². The summed E-state index contributed by atoms with van der Waals surface area (Å²) in [4.78, 5) is 12.7. The summed E-state index contributed by atoms with van der Waals surface area (Å²) in [5.74, 6) is 0.557. The van der Waals surface area contributed by atoms with Crippen LogP contribution in [0.4, 0.5) is 0 Å². The summed E-state index contributed by atoms with van der Waals surface area (Å²) >= 11 is 0. The van der Waals surface area contributed by atoms with Crippen LogP contribution in [0, 0.1) is 5.92 Å². The maximum atomic E-state index is 13.4. The van der Waals surface area contributed by atoms with E-state index in [4.69, 9.17) is 9.47 Å². The van der Waals surface area contributed by atoms with Crippen molar-refractivity contribution in [3.05, 3.63) is 30.3 Å². The van der Waals surface area contributed by atoms with Gasteiger partial charge in [-0.3, -0.25) is 4.79 Å². The van der Waals surface area contributed by atoms with Crippen LogP contribution in [-0.2, 0) is 24.3 Å². The summed E-state index contributed by atoms with van der Waals surface area (Å²) in [6.07, 6.45) is 5.86. The highest BCUT2D eigenvalue weighted by molar-refractivity contribution is 7.89. The molecule has 0 unspecified atom stereocenters. The summed E-state index contributed by atoms with van der Waals surface area (Å²) in [7, 11) is -3.81. The molecule has 4 rings (SSSR count). The zero-order chi connectivity index (χ0) is 23.3. The molecule has 2 heterocycles. The van der Waals surface area contributed by atoms with Gasteiger partial charge in [-0.2, -0.15) is 4.31 Å². The van der Waals surface area contributed by atoms with E-state index in [0.29, 0.717) is 18.8 Å². The molecular weight excluding hydrogens is 444 g/mol. The first-order chi connectivity index (χ1) is 15.9. The van der Waals surface area contributed by atoms with E-state index in [9.17, 15) is 18.3 Å². The zero-order valence-electron chi connectivity index (χ0n) is 19.1. The number of nitrogens with zero attached hydrogens (tertiary/aromatic N) is 1. The first-order valence-electron chi connectivity index (χ1n) is 12.2. The largest absolute Gasteiger partial charge is 0.389 e. The molecule has 2 aliphatic heterocycles. The number of aliphatic hydroxyl groups is 1. The zero-order valence-corrected chi connectivity index (χ0v) is 19.9. The molecule has 3 aliphatic rings. The Morgan fingerprint density at radius 1 is 1.06 bits per heavy atom. The SMILES string of the molecule is O=C(C[C@H]1CC[C@@H]2[C@H](COC[C@@H](O)CN2S(=O)(=O)c2ccccc2)O1)NCC1CCCCC1. The van der Waals surface area contributed by atoms with Crippen molar-refractivity contribution in [3.63, 3.8) is 0 Å². The number of aliphatic hydroxyl groups excluding tert-OH is 1. The number of fused-ring (bicyclic) bond motifs is 1. The fraction of sp³-hybridized carbons (Fsp3) is 0.708. The van der Waals surface area contributed by atoms with Gasteiger partial charge in [0, 0.05) is 13.1 Å². The van der Waals surface area contributed by atoms with Crippen LogP contribution >= 0.6 is 0 Å². The van der Waals surface area contributed by atoms with Crippen LogP contribution in [0.25, 0.3) is 0 Å². The van der Waals surface area contributed by atoms with Gasteiger partial charge >= 0.3 is 0 Å². The average Bonchev–Trinajstić information content (AvgIpc) is 2.82. The minimum absolute atomic E-state index is 0.0139. The number of ether oxygens (including phenoxy) is 2. The molecule has 4 atom stereocenters. The van der Waals surface area contributed by atoms with Gasteiger partial charge in [0.25, 0.3) is 0 Å². The van der Waals surface area contributed by atoms with Crippen molar-refractivity contribution in [2.75, 3.05) is 26.3 Å². The Morgan fingerprint density at radius 3 is 2.58 bits per heavy atom. The number of nitrogens with one attached hydrogen (secondary N) is 1. The molecule has 1 amide bonds. The smallest absolute Gasteiger partial charge is 0.243 e. The molecule has 2 saturated heterocycles. The van der Waals surface area contributed by atoms with Crippen LogP contribution in [0.2, 0.25) is 0 Å². The minimum Gasteiger partial charge on any atom is -0.389 e. The first-order valence-corrected chi connectivity index (χ1v) is 13.6. The van der Waals surface area contributed by atoms with E-state index in [2.05, 4.69) is 5.32 Å². The fourth-order valence-electron chi connectivity index (χ4n) is 5.23. The highest BCUT2D eigenvalue weighted by Gasteiger charge is 2.43. The van der Waals surface area contributed by atoms with Crippen LogP contribution in [0.1, 0.15) is 51.4 Å². The highest BCUT2D eigenvalue weighted by atomic mass is 32.2. The van der Waals surface area contributed by atoms with Crippen LogP contribution in [0.5, 0.6) is 0 Å². The molecule has 9 heteroatoms. The van der Waals surface area contributed by atoms with Crippen LogP contribution in [-0.4, -0.2) is 74.4 Å². The predicted molar refractivity (Wildman–Crippen MR) is 123 cm³/mol. The maximum absolute atomic E-state index is 13.4. The third-order valence-corrected chi connectivity index (χ3v) is 8.91. The number of amides is 1. The summed E-state index contributed by atoms with van der Waals surface area (Å²) in [5, 5.41) is 13.4. The number of carbonyl (C=O) groups excluding carboxylic acids is 1. The lowest BCUT2D eigenvalue weighted by Crippen LogP contribution is -2.57. The van der Waals surface area contributed by atoms with Crippen molar-refractivity contribution in [1.82, 2.24) is 9.62 Å². The molecule has 1 aromatic rings. The van der Waals surface area contributed by atoms with Gasteiger partial charge in [-0.05, 0) is 43.7 Å². The van der Waals surface area contributed by atoms with Crippen molar-refractivity contribution >= 4 is 15.9 Å². The molecule has 2 N–H and O–H groups in total. The van der Waals surface area contributed by atoms with Gasteiger partial charge in [0.15, 0.2) is 0 Å². The van der Waals surface area contributed by atoms with E-state index in [1.165, 1.54) is 36.4 Å². The molecule has 0 radical (unpaired) electrons. The number of β-amino-alcohol motifs (C(OH)–C–C–N with tert-alkyl or cyclic N) is 1. The van der Waals surface area contributed by atoms with Gasteiger partial charge < -0.3 is 19.9 Å². The molecule has 0 spiro atoms. The number of rotatable bonds is 6. The van der Waals surface area contributed by atoms with Gasteiger partial charge in [0.05, 0.1) is 48.9 Å². The Kier molecular flexibility index (Phi) is 8.40. The third-order valence-electron chi connectivity index (χ3n) is 7.01. The molecule has 3 fully saturated rings. The van der Waals surface area contributed by atoms with Gasteiger partial charge in [0.1, 0.15) is 0 Å². The van der Waals surface area contributed by atoms with Crippen LogP contribution in [0.15, 0.2) is 35.2 Å². The monoisotopic (exact) mass is 480 g/mol. The van der Waals surface area contributed by atoms with Gasteiger partial charge in [0.2, 0.25) is 15.9 Å². The van der Waals surface area contributed by atoms with E-state index in [1.54, 1.807) is 30.3 Å². The Bertz CT molecular complexity index is 874. The molecule has 0 bridgehead atoms. The van der Waals surface area contributed by atoms with Gasteiger partial charge in [-0.1, -0.05) is 37.5 Å².